The highest BCUT2D eigenvalue weighted by atomic mass is 16.5. The summed E-state index contributed by atoms with van der Waals surface area (Å²) in [6, 6.07) is 13.8. The van der Waals surface area contributed by atoms with Crippen molar-refractivity contribution in [3.63, 3.8) is 0 Å². The second kappa shape index (κ2) is 6.38. The van der Waals surface area contributed by atoms with Crippen LogP contribution in [0, 0.1) is 12.8 Å². The maximum Gasteiger partial charge on any atom is 0.335 e. The van der Waals surface area contributed by atoms with Crippen LogP contribution in [0.25, 0.3) is 0 Å². The number of aromatic carboxylic acids is 1. The molecule has 0 bridgehead atoms. The quantitative estimate of drug-likeness (QED) is 0.802. The van der Waals surface area contributed by atoms with Gasteiger partial charge in [0.25, 0.3) is 0 Å². The minimum atomic E-state index is -0.946. The van der Waals surface area contributed by atoms with Crippen molar-refractivity contribution in [1.82, 2.24) is 0 Å². The highest BCUT2D eigenvalue weighted by Crippen LogP contribution is 2.53. The number of carboxylic acid groups (broad SMARTS) is 1. The van der Waals surface area contributed by atoms with E-state index in [1.165, 1.54) is 11.1 Å². The predicted octanol–water partition coefficient (Wildman–Crippen LogP) is 5.11. The molecular weight excluding hydrogens is 340 g/mol. The average Bonchev–Trinajstić information content (AvgIpc) is 2.60. The summed E-state index contributed by atoms with van der Waals surface area (Å²) in [5.41, 5.74) is 3.33. The van der Waals surface area contributed by atoms with Crippen molar-refractivity contribution in [2.75, 3.05) is 0 Å². The summed E-state index contributed by atoms with van der Waals surface area (Å²) in [5, 5.41) is 9.29. The second-order valence-corrected chi connectivity index (χ2v) is 8.39. The van der Waals surface area contributed by atoms with Crippen molar-refractivity contribution >= 4 is 5.97 Å². The number of aryl methyl sites for hydroxylation is 1. The Morgan fingerprint density at radius 2 is 1.96 bits per heavy atom. The zero-order chi connectivity index (χ0) is 19.3. The zero-order valence-corrected chi connectivity index (χ0v) is 16.2. The van der Waals surface area contributed by atoms with E-state index < -0.39 is 11.6 Å². The molecule has 0 aromatic heterocycles. The van der Waals surface area contributed by atoms with Gasteiger partial charge in [0.1, 0.15) is 11.4 Å². The van der Waals surface area contributed by atoms with Crippen molar-refractivity contribution in [3.8, 4) is 5.75 Å². The maximum atomic E-state index is 11.3. The Morgan fingerprint density at radius 3 is 2.67 bits per heavy atom. The average molecular weight is 366 g/mol. The van der Waals surface area contributed by atoms with Gasteiger partial charge in [0.15, 0.2) is 0 Å². The molecular formula is C23H26O4. The van der Waals surface area contributed by atoms with Gasteiger partial charge in [-0.2, -0.15) is 0 Å². The number of rotatable bonds is 2. The Morgan fingerprint density at radius 1 is 1.19 bits per heavy atom. The van der Waals surface area contributed by atoms with E-state index in [0.29, 0.717) is 11.7 Å². The molecule has 2 aliphatic rings. The first-order valence-corrected chi connectivity index (χ1v) is 9.54. The van der Waals surface area contributed by atoms with Gasteiger partial charge in [-0.25, -0.2) is 4.79 Å². The Bertz CT molecular complexity index is 886. The van der Waals surface area contributed by atoms with Crippen LogP contribution >= 0.6 is 0 Å². The van der Waals surface area contributed by atoms with Gasteiger partial charge in [-0.3, -0.25) is 0 Å². The highest BCUT2D eigenvalue weighted by Gasteiger charge is 2.49. The number of fused-ring (bicyclic) bond motifs is 3. The van der Waals surface area contributed by atoms with Crippen LogP contribution in [0.3, 0.4) is 0 Å². The largest absolute Gasteiger partial charge is 0.487 e. The van der Waals surface area contributed by atoms with Gasteiger partial charge in [-0.1, -0.05) is 35.9 Å². The number of benzene rings is 2. The Balaban J connectivity index is 1.71. The Kier molecular flexibility index (Phi) is 4.26. The third-order valence-corrected chi connectivity index (χ3v) is 6.10. The molecule has 1 N–H and O–H groups in total. The predicted molar refractivity (Wildman–Crippen MR) is 103 cm³/mol. The van der Waals surface area contributed by atoms with Crippen LogP contribution in [0.4, 0.5) is 0 Å². The molecule has 142 valence electrons. The molecule has 0 saturated carbocycles. The number of ether oxygens (including phenoxy) is 2. The van der Waals surface area contributed by atoms with Crippen molar-refractivity contribution in [2.45, 2.75) is 57.8 Å². The normalized spacial score (nSPS) is 28.6. The number of carboxylic acids is 1. The van der Waals surface area contributed by atoms with Crippen LogP contribution in [0.15, 0.2) is 42.5 Å². The van der Waals surface area contributed by atoms with Gasteiger partial charge in [-0.05, 0) is 51.8 Å². The molecule has 2 aromatic rings. The standard InChI is InChI=1S/C23H26O4/c1-13-6-5-7-15(10-13)18-12-19-21(26-14(18)2)17-9-8-16(22(24)25)11-20(17)27-23(19,3)4/h5-11,14,18-19,21H,12H2,1-4H3,(H,24,25)/t14-,18-,19-,21+/m0/s1. The Labute approximate surface area is 160 Å². The maximum absolute atomic E-state index is 11.3. The number of hydrogen-bond donors (Lipinski definition) is 1. The molecule has 0 radical (unpaired) electrons. The molecule has 2 aliphatic heterocycles. The van der Waals surface area contributed by atoms with Crippen LogP contribution < -0.4 is 4.74 Å². The highest BCUT2D eigenvalue weighted by molar-refractivity contribution is 5.88. The van der Waals surface area contributed by atoms with Crippen LogP contribution in [-0.4, -0.2) is 22.8 Å². The van der Waals surface area contributed by atoms with E-state index >= 15 is 0 Å². The summed E-state index contributed by atoms with van der Waals surface area (Å²) in [6.45, 7) is 8.41. The third-order valence-electron chi connectivity index (χ3n) is 6.10. The molecule has 4 rings (SSSR count). The fraction of sp³-hybridized carbons (Fsp3) is 0.435. The minimum Gasteiger partial charge on any atom is -0.487 e. The van der Waals surface area contributed by atoms with E-state index in [1.807, 2.05) is 6.07 Å². The lowest BCUT2D eigenvalue weighted by Crippen LogP contribution is -2.50. The molecule has 1 saturated heterocycles. The SMILES string of the molecule is Cc1cccc([C@H]2C[C@H]3[C@H](O[C@H]2C)c2ccc(C(=O)O)cc2OC3(C)C)c1. The summed E-state index contributed by atoms with van der Waals surface area (Å²) in [7, 11) is 0. The molecule has 0 spiro atoms. The third kappa shape index (κ3) is 3.12. The van der Waals surface area contributed by atoms with Crippen molar-refractivity contribution in [1.29, 1.82) is 0 Å². The van der Waals surface area contributed by atoms with Crippen LogP contribution in [0.2, 0.25) is 0 Å². The molecule has 0 amide bonds. The monoisotopic (exact) mass is 366 g/mol. The molecule has 1 fully saturated rings. The van der Waals surface area contributed by atoms with E-state index in [-0.39, 0.29) is 23.7 Å². The van der Waals surface area contributed by atoms with Crippen LogP contribution in [-0.2, 0) is 4.74 Å². The number of hydrogen-bond acceptors (Lipinski definition) is 3. The first kappa shape index (κ1) is 18.1. The van der Waals surface area contributed by atoms with Gasteiger partial charge in [-0.15, -0.1) is 0 Å². The molecule has 4 nitrogen and oxygen atoms in total. The molecule has 0 unspecified atom stereocenters. The fourth-order valence-electron chi connectivity index (χ4n) is 4.61. The smallest absolute Gasteiger partial charge is 0.335 e. The molecule has 27 heavy (non-hydrogen) atoms. The topological polar surface area (TPSA) is 55.8 Å². The first-order chi connectivity index (χ1) is 12.8. The van der Waals surface area contributed by atoms with Gasteiger partial charge in [0, 0.05) is 17.4 Å². The van der Waals surface area contributed by atoms with Crippen LogP contribution in [0.5, 0.6) is 5.75 Å². The molecule has 4 atom stereocenters. The lowest BCUT2D eigenvalue weighted by atomic mass is 9.70. The van der Waals surface area contributed by atoms with Gasteiger partial charge < -0.3 is 14.6 Å². The summed E-state index contributed by atoms with van der Waals surface area (Å²) in [4.78, 5) is 11.3. The van der Waals surface area contributed by atoms with Crippen molar-refractivity contribution < 1.29 is 19.4 Å². The van der Waals surface area contributed by atoms with Crippen LogP contribution in [0.1, 0.15) is 66.3 Å². The number of carbonyl (C=O) groups is 1. The van der Waals surface area contributed by atoms with E-state index in [1.54, 1.807) is 12.1 Å². The lowest BCUT2D eigenvalue weighted by molar-refractivity contribution is -0.153. The first-order valence-electron chi connectivity index (χ1n) is 9.54. The van der Waals surface area contributed by atoms with Gasteiger partial charge in [0.2, 0.25) is 0 Å². The van der Waals surface area contributed by atoms with Crippen molar-refractivity contribution in [3.05, 3.63) is 64.7 Å². The van der Waals surface area contributed by atoms with Gasteiger partial charge in [0.05, 0.1) is 17.8 Å². The summed E-state index contributed by atoms with van der Waals surface area (Å²) in [6.07, 6.45) is 0.971. The Hall–Kier alpha value is -2.33. The minimum absolute atomic E-state index is 0.0777. The summed E-state index contributed by atoms with van der Waals surface area (Å²) >= 11 is 0. The zero-order valence-electron chi connectivity index (χ0n) is 16.2. The second-order valence-electron chi connectivity index (χ2n) is 8.39. The van der Waals surface area contributed by atoms with Gasteiger partial charge >= 0.3 is 5.97 Å². The lowest BCUT2D eigenvalue weighted by Gasteiger charge is -2.50. The van der Waals surface area contributed by atoms with E-state index in [0.717, 1.165) is 12.0 Å². The van der Waals surface area contributed by atoms with E-state index in [4.69, 9.17) is 9.47 Å². The van der Waals surface area contributed by atoms with Crippen molar-refractivity contribution in [2.24, 2.45) is 5.92 Å². The fourth-order valence-corrected chi connectivity index (χ4v) is 4.61. The van der Waals surface area contributed by atoms with E-state index in [2.05, 4.69) is 52.0 Å². The molecule has 4 heteroatoms. The van der Waals surface area contributed by atoms with E-state index in [9.17, 15) is 9.90 Å². The molecule has 2 aromatic carbocycles. The molecule has 0 aliphatic carbocycles. The summed E-state index contributed by atoms with van der Waals surface area (Å²) < 4.78 is 12.8. The summed E-state index contributed by atoms with van der Waals surface area (Å²) in [5.74, 6) is 0.192. The molecule has 2 heterocycles.